The van der Waals surface area contributed by atoms with Crippen LogP contribution in [0.4, 0.5) is 0 Å². The van der Waals surface area contributed by atoms with Gasteiger partial charge in [0, 0.05) is 64.1 Å². The molecule has 0 aromatic carbocycles. The van der Waals surface area contributed by atoms with Crippen molar-refractivity contribution in [3.05, 3.63) is 24.0 Å². The van der Waals surface area contributed by atoms with Gasteiger partial charge in [-0.3, -0.25) is 14.5 Å². The Morgan fingerprint density at radius 1 is 1.21 bits per heavy atom. The van der Waals surface area contributed by atoms with Crippen molar-refractivity contribution in [2.24, 2.45) is 0 Å². The zero-order valence-electron chi connectivity index (χ0n) is 17.4. The van der Waals surface area contributed by atoms with Crippen LogP contribution in [0.5, 0.6) is 0 Å². The molecule has 1 saturated heterocycles. The molecule has 1 aliphatic rings. The lowest BCUT2D eigenvalue weighted by atomic mass is 10.2. The molecule has 0 spiro atoms. The van der Waals surface area contributed by atoms with Crippen molar-refractivity contribution in [2.45, 2.75) is 26.3 Å². The monoisotopic (exact) mass is 402 g/mol. The van der Waals surface area contributed by atoms with Crippen molar-refractivity contribution >= 4 is 22.8 Å². The lowest BCUT2D eigenvalue weighted by Gasteiger charge is -2.34. The Labute approximate surface area is 171 Å². The zero-order valence-corrected chi connectivity index (χ0v) is 17.4. The first-order chi connectivity index (χ1) is 14.0. The number of piperazine rings is 1. The summed E-state index contributed by atoms with van der Waals surface area (Å²) in [6.07, 6.45) is 4.19. The number of hydrogen-bond acceptors (Lipinski definition) is 6. The van der Waals surface area contributed by atoms with E-state index in [2.05, 4.69) is 20.3 Å². The van der Waals surface area contributed by atoms with E-state index in [-0.39, 0.29) is 17.9 Å². The molecule has 0 bridgehead atoms. The quantitative estimate of drug-likeness (QED) is 0.660. The van der Waals surface area contributed by atoms with Gasteiger partial charge in [-0.15, -0.1) is 0 Å². The molecule has 9 nitrogen and oxygen atoms in total. The van der Waals surface area contributed by atoms with Crippen LogP contribution in [0.25, 0.3) is 11.0 Å². The number of hydrogen-bond donors (Lipinski definition) is 1. The SMILES string of the molecule is COCCCNC(=O)CN1CCN(C(=O)c2cnc3c(cnn3C(C)C)c2)CC1. The van der Waals surface area contributed by atoms with Gasteiger partial charge in [0.2, 0.25) is 5.91 Å². The van der Waals surface area contributed by atoms with E-state index in [4.69, 9.17) is 4.74 Å². The maximum atomic E-state index is 12.9. The van der Waals surface area contributed by atoms with Crippen LogP contribution in [-0.4, -0.2) is 89.4 Å². The molecule has 2 aromatic rings. The van der Waals surface area contributed by atoms with Crippen molar-refractivity contribution in [1.29, 1.82) is 0 Å². The Hall–Kier alpha value is -2.52. The molecule has 3 heterocycles. The fraction of sp³-hybridized carbons (Fsp3) is 0.600. The van der Waals surface area contributed by atoms with Gasteiger partial charge >= 0.3 is 0 Å². The summed E-state index contributed by atoms with van der Waals surface area (Å²) in [6.45, 7) is 8.26. The lowest BCUT2D eigenvalue weighted by molar-refractivity contribution is -0.122. The molecule has 0 unspecified atom stereocenters. The summed E-state index contributed by atoms with van der Waals surface area (Å²) in [5.41, 5.74) is 1.36. The van der Waals surface area contributed by atoms with Gasteiger partial charge in [0.05, 0.1) is 18.3 Å². The number of nitrogens with one attached hydrogen (secondary N) is 1. The highest BCUT2D eigenvalue weighted by Gasteiger charge is 2.24. The normalized spacial score (nSPS) is 15.2. The first-order valence-corrected chi connectivity index (χ1v) is 10.1. The van der Waals surface area contributed by atoms with Crippen LogP contribution in [0.2, 0.25) is 0 Å². The number of aromatic nitrogens is 3. The van der Waals surface area contributed by atoms with Crippen LogP contribution in [0.15, 0.2) is 18.5 Å². The summed E-state index contributed by atoms with van der Waals surface area (Å²) in [4.78, 5) is 33.2. The first-order valence-electron chi connectivity index (χ1n) is 10.1. The molecule has 0 saturated carbocycles. The lowest BCUT2D eigenvalue weighted by Crippen LogP contribution is -2.51. The first kappa shape index (κ1) is 21.2. The molecule has 0 atom stereocenters. The topological polar surface area (TPSA) is 92.6 Å². The molecule has 0 aliphatic carbocycles. The predicted molar refractivity (Wildman–Crippen MR) is 110 cm³/mol. The Morgan fingerprint density at radius 3 is 2.66 bits per heavy atom. The molecule has 158 valence electrons. The Kier molecular flexibility index (Phi) is 7.16. The Balaban J connectivity index is 1.51. The zero-order chi connectivity index (χ0) is 20.8. The van der Waals surface area contributed by atoms with Gasteiger partial charge in [0.15, 0.2) is 5.65 Å². The van der Waals surface area contributed by atoms with Crippen LogP contribution >= 0.6 is 0 Å². The molecule has 3 rings (SSSR count). The standard InChI is InChI=1S/C20H30N6O3/c1-15(2)26-19-16(13-23-26)11-17(12-22-19)20(28)25-8-6-24(7-9-25)14-18(27)21-5-4-10-29-3/h11-13,15H,4-10,14H2,1-3H3,(H,21,27). The summed E-state index contributed by atoms with van der Waals surface area (Å²) in [5.74, 6) is -0.0157. The second kappa shape index (κ2) is 9.80. The molecular weight excluding hydrogens is 372 g/mol. The number of amides is 2. The minimum atomic E-state index is -0.0274. The number of fused-ring (bicyclic) bond motifs is 1. The minimum Gasteiger partial charge on any atom is -0.385 e. The summed E-state index contributed by atoms with van der Waals surface area (Å²) in [6, 6.07) is 2.07. The number of carbonyl (C=O) groups is 2. The third kappa shape index (κ3) is 5.30. The van der Waals surface area contributed by atoms with Crippen LogP contribution in [-0.2, 0) is 9.53 Å². The average Bonchev–Trinajstić information content (AvgIpc) is 3.15. The number of pyridine rings is 1. The Morgan fingerprint density at radius 2 is 1.97 bits per heavy atom. The highest BCUT2D eigenvalue weighted by Crippen LogP contribution is 2.18. The van der Waals surface area contributed by atoms with Crippen molar-refractivity contribution in [3.63, 3.8) is 0 Å². The highest BCUT2D eigenvalue weighted by atomic mass is 16.5. The van der Waals surface area contributed by atoms with Crippen LogP contribution in [0.3, 0.4) is 0 Å². The van der Waals surface area contributed by atoms with Gasteiger partial charge in [-0.05, 0) is 26.3 Å². The summed E-state index contributed by atoms with van der Waals surface area (Å²) in [7, 11) is 1.65. The number of nitrogens with zero attached hydrogens (tertiary/aromatic N) is 5. The summed E-state index contributed by atoms with van der Waals surface area (Å²) >= 11 is 0. The average molecular weight is 402 g/mol. The predicted octanol–water partition coefficient (Wildman–Crippen LogP) is 0.923. The molecule has 1 aliphatic heterocycles. The number of rotatable bonds is 8. The van der Waals surface area contributed by atoms with Crippen LogP contribution in [0, 0.1) is 0 Å². The second-order valence-electron chi connectivity index (χ2n) is 7.58. The summed E-state index contributed by atoms with van der Waals surface area (Å²) in [5, 5.41) is 8.12. The minimum absolute atomic E-state index is 0.0118. The van der Waals surface area contributed by atoms with E-state index in [1.54, 1.807) is 19.5 Å². The van der Waals surface area contributed by atoms with Gasteiger partial charge in [-0.25, -0.2) is 9.67 Å². The van der Waals surface area contributed by atoms with Gasteiger partial charge in [0.25, 0.3) is 5.91 Å². The molecule has 2 aromatic heterocycles. The molecule has 1 fully saturated rings. The molecule has 2 amide bonds. The molecule has 1 N–H and O–H groups in total. The van der Waals surface area contributed by atoms with E-state index >= 15 is 0 Å². The van der Waals surface area contributed by atoms with Gasteiger partial charge < -0.3 is 15.0 Å². The number of ether oxygens (including phenoxy) is 1. The van der Waals surface area contributed by atoms with E-state index in [9.17, 15) is 9.59 Å². The van der Waals surface area contributed by atoms with E-state index in [1.807, 2.05) is 29.5 Å². The Bertz CT molecular complexity index is 842. The van der Waals surface area contributed by atoms with E-state index in [0.717, 1.165) is 17.5 Å². The van der Waals surface area contributed by atoms with E-state index in [1.165, 1.54) is 0 Å². The van der Waals surface area contributed by atoms with Crippen LogP contribution < -0.4 is 5.32 Å². The van der Waals surface area contributed by atoms with Crippen LogP contribution in [0.1, 0.15) is 36.7 Å². The van der Waals surface area contributed by atoms with Gasteiger partial charge in [-0.1, -0.05) is 0 Å². The largest absolute Gasteiger partial charge is 0.385 e. The highest BCUT2D eigenvalue weighted by molar-refractivity contribution is 5.97. The fourth-order valence-electron chi connectivity index (χ4n) is 3.43. The fourth-order valence-corrected chi connectivity index (χ4v) is 3.43. The summed E-state index contributed by atoms with van der Waals surface area (Å²) < 4.78 is 6.82. The molecular formula is C20H30N6O3. The smallest absolute Gasteiger partial charge is 0.255 e. The second-order valence-corrected chi connectivity index (χ2v) is 7.58. The van der Waals surface area contributed by atoms with Crippen molar-refractivity contribution in [3.8, 4) is 0 Å². The van der Waals surface area contributed by atoms with Gasteiger partial charge in [0.1, 0.15) is 0 Å². The van der Waals surface area contributed by atoms with Crippen molar-refractivity contribution < 1.29 is 14.3 Å². The third-order valence-corrected chi connectivity index (χ3v) is 5.04. The number of carbonyl (C=O) groups excluding carboxylic acids is 2. The molecule has 0 radical (unpaired) electrons. The van der Waals surface area contributed by atoms with E-state index < -0.39 is 0 Å². The molecule has 9 heteroatoms. The van der Waals surface area contributed by atoms with E-state index in [0.29, 0.717) is 51.4 Å². The maximum absolute atomic E-state index is 12.9. The molecule has 29 heavy (non-hydrogen) atoms. The number of methoxy groups -OCH3 is 1. The van der Waals surface area contributed by atoms with Crippen molar-refractivity contribution in [2.75, 3.05) is 53.0 Å². The third-order valence-electron chi connectivity index (χ3n) is 5.04. The van der Waals surface area contributed by atoms with Gasteiger partial charge in [-0.2, -0.15) is 5.10 Å². The maximum Gasteiger partial charge on any atom is 0.255 e. The van der Waals surface area contributed by atoms with Crippen molar-refractivity contribution in [1.82, 2.24) is 29.9 Å².